The van der Waals surface area contributed by atoms with Crippen LogP contribution in [0, 0.1) is 25.7 Å². The molecule has 6 heteroatoms. The Hall–Kier alpha value is -1.92. The van der Waals surface area contributed by atoms with Gasteiger partial charge in [0.1, 0.15) is 0 Å². The van der Waals surface area contributed by atoms with E-state index in [1.807, 2.05) is 20.1 Å². The predicted octanol–water partition coefficient (Wildman–Crippen LogP) is 4.54. The Balaban J connectivity index is 1.55. The smallest absolute Gasteiger partial charge is 0.220 e. The maximum Gasteiger partial charge on any atom is 0.220 e. The molecular formula is C25H36N4OS. The molecule has 0 bridgehead atoms. The summed E-state index contributed by atoms with van der Waals surface area (Å²) in [6.07, 6.45) is 4.42. The molecule has 2 atom stereocenters. The number of rotatable bonds is 8. The lowest BCUT2D eigenvalue weighted by Crippen LogP contribution is -2.38. The minimum Gasteiger partial charge on any atom is -0.352 e. The summed E-state index contributed by atoms with van der Waals surface area (Å²) in [7, 11) is 0. The molecule has 1 N–H and O–H groups in total. The van der Waals surface area contributed by atoms with Gasteiger partial charge in [-0.15, -0.1) is 0 Å². The van der Waals surface area contributed by atoms with Crippen molar-refractivity contribution in [2.45, 2.75) is 65.2 Å². The van der Waals surface area contributed by atoms with Crippen LogP contribution in [0.3, 0.4) is 0 Å². The summed E-state index contributed by atoms with van der Waals surface area (Å²) >= 11 is 1.54. The highest BCUT2D eigenvalue weighted by molar-refractivity contribution is 7.98. The van der Waals surface area contributed by atoms with Gasteiger partial charge < -0.3 is 5.32 Å². The quantitative estimate of drug-likeness (QED) is 0.482. The third-order valence-electron chi connectivity index (χ3n) is 6.12. The summed E-state index contributed by atoms with van der Waals surface area (Å²) in [4.78, 5) is 24.1. The van der Waals surface area contributed by atoms with E-state index in [1.165, 1.54) is 17.5 Å². The Morgan fingerprint density at radius 1 is 1.10 bits per heavy atom. The van der Waals surface area contributed by atoms with Crippen LogP contribution in [0.4, 0.5) is 0 Å². The van der Waals surface area contributed by atoms with Crippen LogP contribution < -0.4 is 5.32 Å². The van der Waals surface area contributed by atoms with Crippen LogP contribution in [0.5, 0.6) is 0 Å². The summed E-state index contributed by atoms with van der Waals surface area (Å²) < 4.78 is 0. The molecule has 0 saturated carbocycles. The number of benzene rings is 1. The number of hydrogen-bond acceptors (Lipinski definition) is 5. The number of piperidine rings is 1. The van der Waals surface area contributed by atoms with Crippen molar-refractivity contribution in [1.82, 2.24) is 20.2 Å². The van der Waals surface area contributed by atoms with Gasteiger partial charge in [-0.25, -0.2) is 9.97 Å². The van der Waals surface area contributed by atoms with Gasteiger partial charge >= 0.3 is 0 Å². The van der Waals surface area contributed by atoms with E-state index in [2.05, 4.69) is 58.3 Å². The van der Waals surface area contributed by atoms with E-state index in [-0.39, 0.29) is 5.91 Å². The highest BCUT2D eigenvalue weighted by Crippen LogP contribution is 2.23. The van der Waals surface area contributed by atoms with Crippen LogP contribution in [-0.2, 0) is 24.3 Å². The van der Waals surface area contributed by atoms with Crippen molar-refractivity contribution in [2.75, 3.05) is 19.3 Å². The average Bonchev–Trinajstić information content (AvgIpc) is 2.71. The molecule has 3 rings (SSSR count). The zero-order valence-corrected chi connectivity index (χ0v) is 20.4. The summed E-state index contributed by atoms with van der Waals surface area (Å²) in [5.74, 6) is 1.57. The van der Waals surface area contributed by atoms with E-state index in [0.29, 0.717) is 19.4 Å². The molecule has 0 spiro atoms. The predicted molar refractivity (Wildman–Crippen MR) is 128 cm³/mol. The Labute approximate surface area is 191 Å². The molecule has 1 aliphatic rings. The van der Waals surface area contributed by atoms with Crippen LogP contribution in [0.1, 0.15) is 54.8 Å². The Morgan fingerprint density at radius 2 is 1.71 bits per heavy atom. The van der Waals surface area contributed by atoms with Crippen molar-refractivity contribution in [3.05, 3.63) is 52.3 Å². The van der Waals surface area contributed by atoms with Crippen molar-refractivity contribution in [3.63, 3.8) is 0 Å². The first-order valence-electron chi connectivity index (χ1n) is 11.3. The second-order valence-electron chi connectivity index (χ2n) is 9.05. The first-order chi connectivity index (χ1) is 14.9. The van der Waals surface area contributed by atoms with Crippen LogP contribution in [0.15, 0.2) is 29.4 Å². The molecule has 1 fully saturated rings. The van der Waals surface area contributed by atoms with Crippen LogP contribution in [-0.4, -0.2) is 40.1 Å². The van der Waals surface area contributed by atoms with Gasteiger partial charge in [0.2, 0.25) is 5.91 Å². The summed E-state index contributed by atoms with van der Waals surface area (Å²) in [6.45, 7) is 12.5. The van der Waals surface area contributed by atoms with Crippen molar-refractivity contribution >= 4 is 17.7 Å². The van der Waals surface area contributed by atoms with E-state index < -0.39 is 0 Å². The molecule has 168 valence electrons. The number of amides is 1. The highest BCUT2D eigenvalue weighted by atomic mass is 32.2. The van der Waals surface area contributed by atoms with E-state index in [1.54, 1.807) is 11.8 Å². The fraction of sp³-hybridized carbons (Fsp3) is 0.560. The zero-order valence-electron chi connectivity index (χ0n) is 19.6. The number of carbonyl (C=O) groups excluding carboxylic acids is 1. The maximum atomic E-state index is 12.6. The number of aromatic nitrogens is 2. The van der Waals surface area contributed by atoms with Gasteiger partial charge in [-0.3, -0.25) is 9.69 Å². The Bertz CT molecular complexity index is 868. The van der Waals surface area contributed by atoms with Crippen molar-refractivity contribution in [1.29, 1.82) is 0 Å². The molecule has 1 aromatic carbocycles. The molecular weight excluding hydrogens is 404 g/mol. The van der Waals surface area contributed by atoms with E-state index in [0.717, 1.165) is 53.6 Å². The molecule has 1 amide bonds. The molecule has 1 aromatic heterocycles. The Kier molecular flexibility index (Phi) is 8.50. The lowest BCUT2D eigenvalue weighted by atomic mass is 9.91. The number of nitrogens with zero attached hydrogens (tertiary/aromatic N) is 3. The van der Waals surface area contributed by atoms with Crippen molar-refractivity contribution < 1.29 is 4.79 Å². The molecule has 0 aliphatic carbocycles. The minimum absolute atomic E-state index is 0.0720. The molecule has 2 heterocycles. The maximum absolute atomic E-state index is 12.6. The fourth-order valence-corrected chi connectivity index (χ4v) is 5.19. The summed E-state index contributed by atoms with van der Waals surface area (Å²) in [6, 6.07) is 8.49. The number of nitrogens with one attached hydrogen (secondary N) is 1. The normalized spacial score (nSPS) is 19.4. The van der Waals surface area contributed by atoms with Crippen LogP contribution >= 0.6 is 11.8 Å². The standard InChI is InChI=1S/C25H36N4OS/c1-17-12-18(2)15-29(14-17)16-22-9-7-6-8-21(22)13-26-24(30)11-10-23-19(3)27-25(31-5)28-20(23)4/h6-9,17-18H,10-16H2,1-5H3,(H,26,30). The molecule has 5 nitrogen and oxygen atoms in total. The average molecular weight is 441 g/mol. The first kappa shape index (κ1) is 23.7. The van der Waals surface area contributed by atoms with Gasteiger partial charge in [-0.2, -0.15) is 0 Å². The zero-order chi connectivity index (χ0) is 22.4. The number of carbonyl (C=O) groups is 1. The number of likely N-dealkylation sites (tertiary alicyclic amines) is 1. The topological polar surface area (TPSA) is 58.1 Å². The van der Waals surface area contributed by atoms with Gasteiger partial charge in [-0.1, -0.05) is 49.9 Å². The lowest BCUT2D eigenvalue weighted by molar-refractivity contribution is -0.121. The van der Waals surface area contributed by atoms with Crippen molar-refractivity contribution in [2.24, 2.45) is 11.8 Å². The van der Waals surface area contributed by atoms with Crippen LogP contribution in [0.2, 0.25) is 0 Å². The second-order valence-corrected chi connectivity index (χ2v) is 9.82. The van der Waals surface area contributed by atoms with Gasteiger partial charge in [0.25, 0.3) is 0 Å². The number of aryl methyl sites for hydroxylation is 2. The van der Waals surface area contributed by atoms with Crippen LogP contribution in [0.25, 0.3) is 0 Å². The first-order valence-corrected chi connectivity index (χ1v) is 12.5. The SMILES string of the molecule is CSc1nc(C)c(CCC(=O)NCc2ccccc2CN2CC(C)CC(C)C2)c(C)n1. The largest absolute Gasteiger partial charge is 0.352 e. The fourth-order valence-electron chi connectivity index (χ4n) is 4.73. The van der Waals surface area contributed by atoms with E-state index >= 15 is 0 Å². The molecule has 2 unspecified atom stereocenters. The lowest BCUT2D eigenvalue weighted by Gasteiger charge is -2.35. The number of hydrogen-bond donors (Lipinski definition) is 1. The monoisotopic (exact) mass is 440 g/mol. The third-order valence-corrected chi connectivity index (χ3v) is 6.67. The van der Waals surface area contributed by atoms with Gasteiger partial charge in [0.15, 0.2) is 5.16 Å². The van der Waals surface area contributed by atoms with Gasteiger partial charge in [-0.05, 0) is 61.5 Å². The second kappa shape index (κ2) is 11.1. The molecule has 1 saturated heterocycles. The van der Waals surface area contributed by atoms with E-state index in [4.69, 9.17) is 0 Å². The molecule has 0 radical (unpaired) electrons. The molecule has 2 aromatic rings. The van der Waals surface area contributed by atoms with Gasteiger partial charge in [0.05, 0.1) is 0 Å². The summed E-state index contributed by atoms with van der Waals surface area (Å²) in [5, 5.41) is 3.91. The summed E-state index contributed by atoms with van der Waals surface area (Å²) in [5.41, 5.74) is 5.56. The highest BCUT2D eigenvalue weighted by Gasteiger charge is 2.22. The minimum atomic E-state index is 0.0720. The van der Waals surface area contributed by atoms with Crippen molar-refractivity contribution in [3.8, 4) is 0 Å². The molecule has 31 heavy (non-hydrogen) atoms. The number of thioether (sulfide) groups is 1. The Morgan fingerprint density at radius 3 is 2.32 bits per heavy atom. The molecule has 1 aliphatic heterocycles. The van der Waals surface area contributed by atoms with E-state index in [9.17, 15) is 4.79 Å². The third kappa shape index (κ3) is 6.78. The van der Waals surface area contributed by atoms with Gasteiger partial charge in [0, 0.05) is 44.0 Å².